The van der Waals surface area contributed by atoms with E-state index in [-0.39, 0.29) is 0 Å². The molecule has 1 aromatic rings. The number of benzene rings is 1. The van der Waals surface area contributed by atoms with Crippen LogP contribution in [-0.2, 0) is 9.47 Å². The summed E-state index contributed by atoms with van der Waals surface area (Å²) >= 11 is 0. The first-order valence-electron chi connectivity index (χ1n) is 6.41. The van der Waals surface area contributed by atoms with Crippen LogP contribution in [0.25, 0.3) is 11.3 Å². The molecule has 3 rings (SSSR count). The van der Waals surface area contributed by atoms with Gasteiger partial charge in [-0.1, -0.05) is 30.3 Å². The van der Waals surface area contributed by atoms with E-state index in [1.165, 1.54) is 36.7 Å². The Kier molecular flexibility index (Phi) is 3.18. The van der Waals surface area contributed by atoms with E-state index in [9.17, 15) is 0 Å². The van der Waals surface area contributed by atoms with Gasteiger partial charge in [-0.3, -0.25) is 0 Å². The third-order valence-corrected chi connectivity index (χ3v) is 3.33. The van der Waals surface area contributed by atoms with Crippen LogP contribution < -0.4 is 0 Å². The molecule has 18 heavy (non-hydrogen) atoms. The summed E-state index contributed by atoms with van der Waals surface area (Å²) in [5.74, 6) is 0.777. The van der Waals surface area contributed by atoms with Crippen molar-refractivity contribution >= 4 is 11.3 Å². The SMILES string of the molecule is C1=COC(c2ccccc2C2=CCCCC2)=CO1. The molecule has 0 spiro atoms. The molecule has 1 heterocycles. The fraction of sp³-hybridized carbons (Fsp3) is 0.250. The van der Waals surface area contributed by atoms with Gasteiger partial charge in [0, 0.05) is 5.56 Å². The predicted molar refractivity (Wildman–Crippen MR) is 72.2 cm³/mol. The van der Waals surface area contributed by atoms with Crippen molar-refractivity contribution in [1.29, 1.82) is 0 Å². The van der Waals surface area contributed by atoms with Crippen LogP contribution in [0, 0.1) is 0 Å². The molecule has 0 N–H and O–H groups in total. The van der Waals surface area contributed by atoms with Crippen LogP contribution in [0.5, 0.6) is 0 Å². The molecule has 0 aromatic heterocycles. The van der Waals surface area contributed by atoms with Gasteiger partial charge >= 0.3 is 0 Å². The van der Waals surface area contributed by atoms with Gasteiger partial charge in [0.15, 0.2) is 5.76 Å². The summed E-state index contributed by atoms with van der Waals surface area (Å²) in [6.07, 6.45) is 12.0. The zero-order valence-corrected chi connectivity index (χ0v) is 10.3. The third-order valence-electron chi connectivity index (χ3n) is 3.33. The molecule has 2 nitrogen and oxygen atoms in total. The average molecular weight is 240 g/mol. The molecule has 2 aliphatic rings. The van der Waals surface area contributed by atoms with Crippen LogP contribution in [0.4, 0.5) is 0 Å². The zero-order chi connectivity index (χ0) is 12.2. The van der Waals surface area contributed by atoms with Crippen molar-refractivity contribution in [2.24, 2.45) is 0 Å². The molecule has 0 bridgehead atoms. The Morgan fingerprint density at radius 2 is 1.83 bits per heavy atom. The van der Waals surface area contributed by atoms with Crippen molar-refractivity contribution in [3.63, 3.8) is 0 Å². The fourth-order valence-electron chi connectivity index (χ4n) is 2.45. The quantitative estimate of drug-likeness (QED) is 0.759. The van der Waals surface area contributed by atoms with Gasteiger partial charge in [-0.05, 0) is 36.8 Å². The second kappa shape index (κ2) is 5.13. The van der Waals surface area contributed by atoms with Gasteiger partial charge in [-0.15, -0.1) is 0 Å². The molecule has 1 aromatic carbocycles. The Labute approximate surface area is 107 Å². The minimum atomic E-state index is 0.777. The number of hydrogen-bond donors (Lipinski definition) is 0. The summed E-state index contributed by atoms with van der Waals surface area (Å²) in [5, 5.41) is 0. The molecule has 0 amide bonds. The monoisotopic (exact) mass is 240 g/mol. The molecule has 1 aliphatic carbocycles. The van der Waals surface area contributed by atoms with Gasteiger partial charge in [0.2, 0.25) is 0 Å². The first-order chi connectivity index (χ1) is 8.95. The van der Waals surface area contributed by atoms with Crippen molar-refractivity contribution in [3.05, 3.63) is 60.3 Å². The van der Waals surface area contributed by atoms with E-state index in [0.717, 1.165) is 17.7 Å². The van der Waals surface area contributed by atoms with E-state index in [1.807, 2.05) is 6.07 Å². The number of ether oxygens (including phenoxy) is 2. The van der Waals surface area contributed by atoms with Crippen molar-refractivity contribution in [3.8, 4) is 0 Å². The molecule has 0 fully saturated rings. The maximum absolute atomic E-state index is 5.52. The van der Waals surface area contributed by atoms with Gasteiger partial charge in [-0.2, -0.15) is 0 Å². The van der Waals surface area contributed by atoms with Crippen molar-refractivity contribution < 1.29 is 9.47 Å². The third kappa shape index (κ3) is 2.19. The van der Waals surface area contributed by atoms with Crippen molar-refractivity contribution in [1.82, 2.24) is 0 Å². The first-order valence-corrected chi connectivity index (χ1v) is 6.41. The topological polar surface area (TPSA) is 18.5 Å². The van der Waals surface area contributed by atoms with E-state index in [1.54, 1.807) is 12.5 Å². The summed E-state index contributed by atoms with van der Waals surface area (Å²) in [4.78, 5) is 0. The van der Waals surface area contributed by atoms with Gasteiger partial charge in [0.05, 0.1) is 0 Å². The maximum atomic E-state index is 5.52. The highest BCUT2D eigenvalue weighted by atomic mass is 16.5. The second-order valence-corrected chi connectivity index (χ2v) is 4.53. The largest absolute Gasteiger partial charge is 0.465 e. The van der Waals surface area contributed by atoms with Crippen LogP contribution in [0.1, 0.15) is 36.8 Å². The molecule has 1 aliphatic heterocycles. The first kappa shape index (κ1) is 11.1. The molecule has 92 valence electrons. The van der Waals surface area contributed by atoms with Crippen LogP contribution in [-0.4, -0.2) is 0 Å². The lowest BCUT2D eigenvalue weighted by Gasteiger charge is -2.18. The minimum Gasteiger partial charge on any atom is -0.465 e. The van der Waals surface area contributed by atoms with Crippen LogP contribution >= 0.6 is 0 Å². The summed E-state index contributed by atoms with van der Waals surface area (Å²) in [6, 6.07) is 8.35. The molecular weight excluding hydrogens is 224 g/mol. The number of allylic oxidation sites excluding steroid dienone is 2. The van der Waals surface area contributed by atoms with Gasteiger partial charge < -0.3 is 9.47 Å². The Balaban J connectivity index is 1.99. The molecule has 0 saturated heterocycles. The van der Waals surface area contributed by atoms with Gasteiger partial charge in [-0.25, -0.2) is 0 Å². The fourth-order valence-corrected chi connectivity index (χ4v) is 2.45. The molecule has 2 heteroatoms. The summed E-state index contributed by atoms with van der Waals surface area (Å²) in [6.45, 7) is 0. The summed E-state index contributed by atoms with van der Waals surface area (Å²) in [5.41, 5.74) is 3.80. The molecule has 0 saturated carbocycles. The Bertz CT molecular complexity index is 497. The molecule has 0 atom stereocenters. The van der Waals surface area contributed by atoms with Crippen LogP contribution in [0.3, 0.4) is 0 Å². The lowest BCUT2D eigenvalue weighted by molar-refractivity contribution is 0.312. The highest BCUT2D eigenvalue weighted by Gasteiger charge is 2.14. The summed E-state index contributed by atoms with van der Waals surface area (Å²) in [7, 11) is 0. The predicted octanol–water partition coefficient (Wildman–Crippen LogP) is 4.46. The normalized spacial score (nSPS) is 18.4. The lowest BCUT2D eigenvalue weighted by Crippen LogP contribution is -1.99. The highest BCUT2D eigenvalue weighted by molar-refractivity contribution is 5.77. The zero-order valence-electron chi connectivity index (χ0n) is 10.3. The minimum absolute atomic E-state index is 0.777. The Morgan fingerprint density at radius 3 is 2.56 bits per heavy atom. The second-order valence-electron chi connectivity index (χ2n) is 4.53. The highest BCUT2D eigenvalue weighted by Crippen LogP contribution is 2.33. The maximum Gasteiger partial charge on any atom is 0.169 e. The smallest absolute Gasteiger partial charge is 0.169 e. The lowest BCUT2D eigenvalue weighted by atomic mass is 9.90. The van der Waals surface area contributed by atoms with E-state index in [4.69, 9.17) is 9.47 Å². The summed E-state index contributed by atoms with van der Waals surface area (Å²) < 4.78 is 10.7. The van der Waals surface area contributed by atoms with Crippen LogP contribution in [0.15, 0.2) is 49.1 Å². The van der Waals surface area contributed by atoms with Gasteiger partial charge in [0.1, 0.15) is 18.8 Å². The molecule has 0 radical (unpaired) electrons. The van der Waals surface area contributed by atoms with Gasteiger partial charge in [0.25, 0.3) is 0 Å². The standard InChI is InChI=1S/C16H16O2/c1-2-6-13(7-3-1)14-8-4-5-9-15(14)16-12-17-10-11-18-16/h4-6,8-12H,1-3,7H2. The van der Waals surface area contributed by atoms with Crippen LogP contribution in [0.2, 0.25) is 0 Å². The van der Waals surface area contributed by atoms with E-state index < -0.39 is 0 Å². The van der Waals surface area contributed by atoms with E-state index in [0.29, 0.717) is 0 Å². The molecule has 0 unspecified atom stereocenters. The van der Waals surface area contributed by atoms with Crippen molar-refractivity contribution in [2.75, 3.05) is 0 Å². The number of rotatable bonds is 2. The number of hydrogen-bond acceptors (Lipinski definition) is 2. The van der Waals surface area contributed by atoms with E-state index >= 15 is 0 Å². The van der Waals surface area contributed by atoms with E-state index in [2.05, 4.69) is 24.3 Å². The Morgan fingerprint density at radius 1 is 0.944 bits per heavy atom. The Hall–Kier alpha value is -1.96. The molecular formula is C16H16O2. The average Bonchev–Trinajstić information content (AvgIpc) is 2.49. The van der Waals surface area contributed by atoms with Crippen molar-refractivity contribution in [2.45, 2.75) is 25.7 Å².